The van der Waals surface area contributed by atoms with Gasteiger partial charge in [-0.05, 0) is 49.0 Å². The number of hydrogen-bond donors (Lipinski definition) is 3. The number of aromatic hydroxyl groups is 2. The van der Waals surface area contributed by atoms with E-state index in [0.717, 1.165) is 18.4 Å². The third-order valence-electron chi connectivity index (χ3n) is 5.23. The Morgan fingerprint density at radius 2 is 1.74 bits per heavy atom. The summed E-state index contributed by atoms with van der Waals surface area (Å²) in [5, 5.41) is 20.0. The molecule has 1 heterocycles. The Hall–Kier alpha value is -3.34. The van der Waals surface area contributed by atoms with Crippen molar-refractivity contribution < 1.29 is 15.0 Å². The molecule has 0 aliphatic carbocycles. The van der Waals surface area contributed by atoms with Crippen LogP contribution in [0.15, 0.2) is 71.2 Å². The topological polar surface area (TPSA) is 90.4 Å². The lowest BCUT2D eigenvalue weighted by Gasteiger charge is -2.12. The van der Waals surface area contributed by atoms with Crippen LogP contribution in [-0.4, -0.2) is 21.0 Å². The Morgan fingerprint density at radius 1 is 1.10 bits per heavy atom. The number of H-pyrrole nitrogens is 1. The number of benzene rings is 1. The van der Waals surface area contributed by atoms with Crippen molar-refractivity contribution in [3.05, 3.63) is 82.3 Å². The molecule has 0 unspecified atom stereocenters. The Balaban J connectivity index is 2.15. The summed E-state index contributed by atoms with van der Waals surface area (Å²) >= 11 is 0. The van der Waals surface area contributed by atoms with Gasteiger partial charge in [-0.3, -0.25) is 9.59 Å². The predicted octanol–water partition coefficient (Wildman–Crippen LogP) is 5.77. The van der Waals surface area contributed by atoms with Crippen molar-refractivity contribution in [2.75, 3.05) is 0 Å². The SMILES string of the molecule is CC[C@@H](C)C[C@@H](C)/C=C(C)/C=C/C=C/C(=O)c1c(O)c(-c2ccc(O)cc2)c[nH]c1=O. The van der Waals surface area contributed by atoms with Gasteiger partial charge in [0, 0.05) is 11.8 Å². The van der Waals surface area contributed by atoms with E-state index in [1.165, 1.54) is 24.4 Å². The van der Waals surface area contributed by atoms with Crippen molar-refractivity contribution in [3.8, 4) is 22.6 Å². The largest absolute Gasteiger partial charge is 0.508 e. The van der Waals surface area contributed by atoms with E-state index in [1.54, 1.807) is 24.3 Å². The van der Waals surface area contributed by atoms with Crippen molar-refractivity contribution in [1.29, 1.82) is 0 Å². The molecular weight excluding hydrogens is 390 g/mol. The van der Waals surface area contributed by atoms with Gasteiger partial charge in [0.25, 0.3) is 5.56 Å². The number of rotatable bonds is 9. The maximum atomic E-state index is 12.5. The van der Waals surface area contributed by atoms with Crippen molar-refractivity contribution in [2.45, 2.75) is 40.5 Å². The van der Waals surface area contributed by atoms with E-state index in [2.05, 4.69) is 31.8 Å². The molecule has 5 nitrogen and oxygen atoms in total. The summed E-state index contributed by atoms with van der Waals surface area (Å²) in [6.07, 6.45) is 12.3. The molecule has 0 saturated carbocycles. The molecule has 1 aromatic heterocycles. The van der Waals surface area contributed by atoms with E-state index in [1.807, 2.05) is 13.0 Å². The molecule has 3 N–H and O–H groups in total. The van der Waals surface area contributed by atoms with Crippen LogP contribution in [-0.2, 0) is 0 Å². The fraction of sp³-hybridized carbons (Fsp3) is 0.308. The maximum absolute atomic E-state index is 12.5. The van der Waals surface area contributed by atoms with Gasteiger partial charge in [0.05, 0.1) is 0 Å². The second-order valence-corrected chi connectivity index (χ2v) is 8.02. The second kappa shape index (κ2) is 11.2. The highest BCUT2D eigenvalue weighted by Gasteiger charge is 2.18. The normalized spacial score (nSPS) is 14.3. The summed E-state index contributed by atoms with van der Waals surface area (Å²) in [6, 6.07) is 6.11. The smallest absolute Gasteiger partial charge is 0.263 e. The number of allylic oxidation sites excluding steroid dienone is 6. The molecule has 0 aliphatic rings. The zero-order valence-electron chi connectivity index (χ0n) is 18.6. The average molecular weight is 422 g/mol. The van der Waals surface area contributed by atoms with Crippen molar-refractivity contribution >= 4 is 5.78 Å². The van der Waals surface area contributed by atoms with Crippen molar-refractivity contribution in [1.82, 2.24) is 4.98 Å². The molecule has 2 atom stereocenters. The second-order valence-electron chi connectivity index (χ2n) is 8.02. The number of phenols is 1. The van der Waals surface area contributed by atoms with Gasteiger partial charge in [-0.25, -0.2) is 0 Å². The van der Waals surface area contributed by atoms with E-state index in [4.69, 9.17) is 0 Å². The number of phenolic OH excluding ortho intramolecular Hbond substituents is 1. The molecule has 2 aromatic rings. The fourth-order valence-corrected chi connectivity index (χ4v) is 3.42. The number of nitrogens with one attached hydrogen (secondary N) is 1. The van der Waals surface area contributed by atoms with Crippen molar-refractivity contribution in [3.63, 3.8) is 0 Å². The Kier molecular flexibility index (Phi) is 8.62. The van der Waals surface area contributed by atoms with Crippen LogP contribution in [0.1, 0.15) is 50.9 Å². The molecular formula is C26H31NO4. The number of ketones is 1. The number of carbonyl (C=O) groups excluding carboxylic acids is 1. The standard InChI is InChI=1S/C26H31NO4/c1-5-17(2)14-19(4)15-18(3)8-6-7-9-23(29)24-25(30)22(16-27-26(24)31)20-10-12-21(28)13-11-20/h6-13,15-17,19,28H,5,14H2,1-4H3,(H2,27,30,31)/b8-6+,9-7+,18-15+/t17-,19-/m1/s1. The number of hydrogen-bond acceptors (Lipinski definition) is 4. The van der Waals surface area contributed by atoms with Crippen LogP contribution in [0.5, 0.6) is 11.5 Å². The van der Waals surface area contributed by atoms with Crippen LogP contribution in [0, 0.1) is 11.8 Å². The summed E-state index contributed by atoms with van der Waals surface area (Å²) in [7, 11) is 0. The monoisotopic (exact) mass is 421 g/mol. The highest BCUT2D eigenvalue weighted by Crippen LogP contribution is 2.31. The highest BCUT2D eigenvalue weighted by molar-refractivity contribution is 6.07. The molecule has 2 rings (SSSR count). The molecule has 1 aromatic carbocycles. The molecule has 0 saturated heterocycles. The van der Waals surface area contributed by atoms with E-state index in [0.29, 0.717) is 23.0 Å². The Bertz CT molecular complexity index is 1040. The summed E-state index contributed by atoms with van der Waals surface area (Å²) in [5.74, 6) is 0.267. The number of aromatic nitrogens is 1. The van der Waals surface area contributed by atoms with Gasteiger partial charge >= 0.3 is 0 Å². The van der Waals surface area contributed by atoms with Crippen LogP contribution in [0.25, 0.3) is 11.1 Å². The minimum Gasteiger partial charge on any atom is -0.508 e. The van der Waals surface area contributed by atoms with E-state index < -0.39 is 11.3 Å². The van der Waals surface area contributed by atoms with Crippen LogP contribution in [0.4, 0.5) is 0 Å². The third kappa shape index (κ3) is 6.85. The predicted molar refractivity (Wildman–Crippen MR) is 125 cm³/mol. The number of carbonyl (C=O) groups is 1. The zero-order valence-corrected chi connectivity index (χ0v) is 18.6. The lowest BCUT2D eigenvalue weighted by atomic mass is 9.94. The summed E-state index contributed by atoms with van der Waals surface area (Å²) in [4.78, 5) is 27.2. The molecule has 164 valence electrons. The molecule has 0 bridgehead atoms. The highest BCUT2D eigenvalue weighted by atomic mass is 16.3. The molecule has 0 amide bonds. The lowest BCUT2D eigenvalue weighted by molar-refractivity contribution is 0.104. The summed E-state index contributed by atoms with van der Waals surface area (Å²) in [5.41, 5.74) is 0.999. The van der Waals surface area contributed by atoms with Gasteiger partial charge in [0.1, 0.15) is 17.1 Å². The first-order chi connectivity index (χ1) is 14.7. The first kappa shape index (κ1) is 23.9. The minimum absolute atomic E-state index is 0.0808. The van der Waals surface area contributed by atoms with Gasteiger partial charge in [-0.1, -0.05) is 69.2 Å². The Labute approximate surface area is 183 Å². The first-order valence-corrected chi connectivity index (χ1v) is 10.5. The van der Waals surface area contributed by atoms with Crippen LogP contribution in [0.3, 0.4) is 0 Å². The molecule has 31 heavy (non-hydrogen) atoms. The number of pyridine rings is 1. The fourth-order valence-electron chi connectivity index (χ4n) is 3.42. The van der Waals surface area contributed by atoms with Gasteiger partial charge < -0.3 is 15.2 Å². The van der Waals surface area contributed by atoms with Gasteiger partial charge in [0.15, 0.2) is 5.78 Å². The minimum atomic E-state index is -0.659. The lowest BCUT2D eigenvalue weighted by Crippen LogP contribution is -2.16. The number of aromatic amines is 1. The van der Waals surface area contributed by atoms with Crippen LogP contribution >= 0.6 is 0 Å². The van der Waals surface area contributed by atoms with E-state index in [9.17, 15) is 19.8 Å². The van der Waals surface area contributed by atoms with Crippen molar-refractivity contribution in [2.24, 2.45) is 11.8 Å². The van der Waals surface area contributed by atoms with Gasteiger partial charge in [0.2, 0.25) is 0 Å². The molecule has 5 heteroatoms. The molecule has 0 aliphatic heterocycles. The third-order valence-corrected chi connectivity index (χ3v) is 5.23. The maximum Gasteiger partial charge on any atom is 0.263 e. The van der Waals surface area contributed by atoms with Gasteiger partial charge in [-0.15, -0.1) is 0 Å². The zero-order chi connectivity index (χ0) is 23.0. The Morgan fingerprint density at radius 3 is 2.39 bits per heavy atom. The molecule has 0 spiro atoms. The quantitative estimate of drug-likeness (QED) is 0.272. The summed E-state index contributed by atoms with van der Waals surface area (Å²) in [6.45, 7) is 8.65. The van der Waals surface area contributed by atoms with Crippen LogP contribution in [0.2, 0.25) is 0 Å². The van der Waals surface area contributed by atoms with Gasteiger partial charge in [-0.2, -0.15) is 0 Å². The molecule has 0 fully saturated rings. The average Bonchev–Trinajstić information content (AvgIpc) is 2.72. The summed E-state index contributed by atoms with van der Waals surface area (Å²) < 4.78 is 0. The first-order valence-electron chi connectivity index (χ1n) is 10.5. The van der Waals surface area contributed by atoms with Crippen LogP contribution < -0.4 is 5.56 Å². The van der Waals surface area contributed by atoms with E-state index >= 15 is 0 Å². The van der Waals surface area contributed by atoms with E-state index in [-0.39, 0.29) is 17.1 Å². The molecule has 0 radical (unpaired) electrons.